The van der Waals surface area contributed by atoms with Gasteiger partial charge in [-0.05, 0) is 53.3 Å². The van der Waals surface area contributed by atoms with E-state index in [4.69, 9.17) is 11.6 Å². The van der Waals surface area contributed by atoms with Crippen molar-refractivity contribution in [2.75, 3.05) is 6.54 Å². The molecular formula is C25H21ClF3NO2. The first kappa shape index (κ1) is 22.4. The monoisotopic (exact) mass is 459 g/mol. The Balaban J connectivity index is 1.82. The Kier molecular flexibility index (Phi) is 6.26. The topological polar surface area (TPSA) is 40.5 Å². The number of aliphatic carboxylic acids is 1. The first-order valence-electron chi connectivity index (χ1n) is 10.3. The molecule has 3 aromatic carbocycles. The van der Waals surface area contributed by atoms with Gasteiger partial charge in [0.2, 0.25) is 0 Å². The lowest BCUT2D eigenvalue weighted by Gasteiger charge is -2.33. The van der Waals surface area contributed by atoms with Gasteiger partial charge in [-0.15, -0.1) is 0 Å². The molecule has 0 amide bonds. The largest absolute Gasteiger partial charge is 0.480 e. The van der Waals surface area contributed by atoms with E-state index in [1.807, 2.05) is 54.6 Å². The molecule has 32 heavy (non-hydrogen) atoms. The molecule has 3 aromatic rings. The minimum atomic E-state index is -4.53. The Morgan fingerprint density at radius 2 is 1.66 bits per heavy atom. The lowest BCUT2D eigenvalue weighted by Crippen LogP contribution is -2.39. The predicted octanol–water partition coefficient (Wildman–Crippen LogP) is 6.66. The van der Waals surface area contributed by atoms with Crippen LogP contribution in [0.4, 0.5) is 13.2 Å². The van der Waals surface area contributed by atoms with Gasteiger partial charge in [0.15, 0.2) is 0 Å². The van der Waals surface area contributed by atoms with E-state index in [1.165, 1.54) is 6.07 Å². The first-order chi connectivity index (χ1) is 15.3. The molecule has 4 rings (SSSR count). The van der Waals surface area contributed by atoms with E-state index in [0.29, 0.717) is 24.9 Å². The molecule has 0 radical (unpaired) electrons. The van der Waals surface area contributed by atoms with Gasteiger partial charge in [0, 0.05) is 11.6 Å². The number of carbonyl (C=O) groups is 1. The normalized spacial score (nSPS) is 17.9. The zero-order valence-corrected chi connectivity index (χ0v) is 17.8. The zero-order chi connectivity index (χ0) is 22.9. The van der Waals surface area contributed by atoms with Gasteiger partial charge < -0.3 is 5.11 Å². The maximum Gasteiger partial charge on any atom is 0.416 e. The van der Waals surface area contributed by atoms with Crippen molar-refractivity contribution < 1.29 is 23.1 Å². The average Bonchev–Trinajstić information content (AvgIpc) is 3.25. The molecule has 0 spiro atoms. The summed E-state index contributed by atoms with van der Waals surface area (Å²) >= 11 is 6.38. The summed E-state index contributed by atoms with van der Waals surface area (Å²) in [5.41, 5.74) is 2.10. The number of hydrogen-bond donors (Lipinski definition) is 1. The molecule has 0 saturated carbocycles. The van der Waals surface area contributed by atoms with E-state index in [-0.39, 0.29) is 10.6 Å². The Hall–Kier alpha value is -2.83. The van der Waals surface area contributed by atoms with Gasteiger partial charge in [-0.1, -0.05) is 66.2 Å². The Morgan fingerprint density at radius 1 is 1.00 bits per heavy atom. The summed E-state index contributed by atoms with van der Waals surface area (Å²) in [4.78, 5) is 13.6. The summed E-state index contributed by atoms with van der Waals surface area (Å²) in [5, 5.41) is 9.89. The van der Waals surface area contributed by atoms with Crippen molar-refractivity contribution in [2.45, 2.75) is 31.1 Å². The molecule has 1 N–H and O–H groups in total. The smallest absolute Gasteiger partial charge is 0.416 e. The number of carboxylic acid groups (broad SMARTS) is 1. The second-order valence-corrected chi connectivity index (χ2v) is 8.27. The summed E-state index contributed by atoms with van der Waals surface area (Å²) in [6.07, 6.45) is -3.45. The number of alkyl halides is 3. The van der Waals surface area contributed by atoms with Crippen LogP contribution in [0.15, 0.2) is 72.8 Å². The summed E-state index contributed by atoms with van der Waals surface area (Å²) in [6, 6.07) is 18.9. The average molecular weight is 460 g/mol. The molecule has 3 nitrogen and oxygen atoms in total. The van der Waals surface area contributed by atoms with Gasteiger partial charge in [-0.3, -0.25) is 9.69 Å². The highest BCUT2D eigenvalue weighted by atomic mass is 35.5. The van der Waals surface area contributed by atoms with Gasteiger partial charge in [-0.2, -0.15) is 13.2 Å². The molecule has 0 aliphatic carbocycles. The second kappa shape index (κ2) is 8.96. The summed E-state index contributed by atoms with van der Waals surface area (Å²) in [6.45, 7) is 0.453. The minimum absolute atomic E-state index is 0.172. The molecule has 1 aliphatic heterocycles. The van der Waals surface area contributed by atoms with Gasteiger partial charge in [-0.25, -0.2) is 0 Å². The van der Waals surface area contributed by atoms with Gasteiger partial charge in [0.1, 0.15) is 6.04 Å². The van der Waals surface area contributed by atoms with Crippen LogP contribution in [0.1, 0.15) is 35.6 Å². The number of likely N-dealkylation sites (tertiary alicyclic amines) is 1. The number of nitrogens with zero attached hydrogens (tertiary/aromatic N) is 1. The Bertz CT molecular complexity index is 1100. The maximum absolute atomic E-state index is 13.4. The van der Waals surface area contributed by atoms with Crippen LogP contribution in [-0.2, 0) is 11.0 Å². The van der Waals surface area contributed by atoms with E-state index in [0.717, 1.165) is 23.3 Å². The maximum atomic E-state index is 13.4. The van der Waals surface area contributed by atoms with Crippen molar-refractivity contribution in [3.8, 4) is 11.1 Å². The van der Waals surface area contributed by atoms with Crippen molar-refractivity contribution >= 4 is 17.6 Å². The van der Waals surface area contributed by atoms with Crippen molar-refractivity contribution in [1.82, 2.24) is 4.90 Å². The van der Waals surface area contributed by atoms with Crippen molar-refractivity contribution in [3.63, 3.8) is 0 Å². The van der Waals surface area contributed by atoms with Crippen LogP contribution in [0.25, 0.3) is 11.1 Å². The molecule has 7 heteroatoms. The fourth-order valence-corrected chi connectivity index (χ4v) is 4.55. The van der Waals surface area contributed by atoms with Crippen LogP contribution in [0.5, 0.6) is 0 Å². The van der Waals surface area contributed by atoms with Gasteiger partial charge in [0.25, 0.3) is 0 Å². The van der Waals surface area contributed by atoms with Crippen molar-refractivity contribution in [3.05, 3.63) is 94.5 Å². The molecule has 2 atom stereocenters. The number of benzene rings is 3. The van der Waals surface area contributed by atoms with Crippen LogP contribution in [0, 0.1) is 0 Å². The fraction of sp³-hybridized carbons (Fsp3) is 0.240. The summed E-state index contributed by atoms with van der Waals surface area (Å²) in [7, 11) is 0. The molecular weight excluding hydrogens is 439 g/mol. The molecule has 1 heterocycles. The molecule has 1 saturated heterocycles. The number of halogens is 4. The third-order valence-corrected chi connectivity index (χ3v) is 6.21. The lowest BCUT2D eigenvalue weighted by molar-refractivity contribution is -0.143. The highest BCUT2D eigenvalue weighted by molar-refractivity contribution is 6.31. The third-order valence-electron chi connectivity index (χ3n) is 5.86. The number of carboxylic acids is 1. The second-order valence-electron chi connectivity index (χ2n) is 7.86. The van der Waals surface area contributed by atoms with E-state index in [9.17, 15) is 23.1 Å². The van der Waals surface area contributed by atoms with Crippen LogP contribution in [0.2, 0.25) is 5.02 Å². The van der Waals surface area contributed by atoms with Crippen LogP contribution < -0.4 is 0 Å². The van der Waals surface area contributed by atoms with Gasteiger partial charge >= 0.3 is 12.1 Å². The van der Waals surface area contributed by atoms with Crippen molar-refractivity contribution in [2.24, 2.45) is 0 Å². The Morgan fingerprint density at radius 3 is 2.28 bits per heavy atom. The van der Waals surface area contributed by atoms with E-state index < -0.39 is 29.8 Å². The molecule has 1 fully saturated rings. The van der Waals surface area contributed by atoms with Gasteiger partial charge in [0.05, 0.1) is 11.6 Å². The minimum Gasteiger partial charge on any atom is -0.480 e. The highest BCUT2D eigenvalue weighted by Crippen LogP contribution is 2.41. The van der Waals surface area contributed by atoms with E-state index >= 15 is 0 Å². The predicted molar refractivity (Wildman–Crippen MR) is 118 cm³/mol. The number of rotatable bonds is 5. The third kappa shape index (κ3) is 4.52. The van der Waals surface area contributed by atoms with Crippen LogP contribution >= 0.6 is 11.6 Å². The number of hydrogen-bond acceptors (Lipinski definition) is 2. The van der Waals surface area contributed by atoms with Crippen LogP contribution in [-0.4, -0.2) is 28.6 Å². The van der Waals surface area contributed by atoms with Crippen molar-refractivity contribution in [1.29, 1.82) is 0 Å². The zero-order valence-electron chi connectivity index (χ0n) is 17.0. The molecule has 0 aromatic heterocycles. The SMILES string of the molecule is O=C(O)C1CCCN1C(c1ccc(-c2ccccc2)cc1)c1cc(C(F)(F)F)ccc1Cl. The summed E-state index contributed by atoms with van der Waals surface area (Å²) < 4.78 is 40.3. The molecule has 1 aliphatic rings. The quantitative estimate of drug-likeness (QED) is 0.463. The van der Waals surface area contributed by atoms with Crippen LogP contribution in [0.3, 0.4) is 0 Å². The molecule has 2 unspecified atom stereocenters. The summed E-state index contributed by atoms with van der Waals surface area (Å²) in [5.74, 6) is -0.989. The molecule has 0 bridgehead atoms. The standard InChI is InChI=1S/C25H21ClF3NO2/c26-21-13-12-19(25(27,28)29)15-20(21)23(30-14-4-7-22(30)24(31)32)18-10-8-17(9-11-18)16-5-2-1-3-6-16/h1-3,5-6,8-13,15,22-23H,4,7,14H2,(H,31,32). The van der Waals surface area contributed by atoms with E-state index in [1.54, 1.807) is 4.90 Å². The lowest BCUT2D eigenvalue weighted by atomic mass is 9.93. The first-order valence-corrected chi connectivity index (χ1v) is 10.6. The highest BCUT2D eigenvalue weighted by Gasteiger charge is 2.39. The Labute approximate surface area is 189 Å². The fourth-order valence-electron chi connectivity index (χ4n) is 4.33. The molecule has 166 valence electrons. The van der Waals surface area contributed by atoms with E-state index in [2.05, 4.69) is 0 Å².